The highest BCUT2D eigenvalue weighted by atomic mass is 32.2. The van der Waals surface area contributed by atoms with Gasteiger partial charge in [0.25, 0.3) is 0 Å². The fraction of sp³-hybridized carbons (Fsp3) is 0.300. The van der Waals surface area contributed by atoms with Crippen LogP contribution in [-0.2, 0) is 21.8 Å². The minimum atomic E-state index is -5.08. The lowest BCUT2D eigenvalue weighted by Gasteiger charge is -2.16. The summed E-state index contributed by atoms with van der Waals surface area (Å²) in [7, 11) is 1.84. The zero-order chi connectivity index (χ0) is 23.6. The van der Waals surface area contributed by atoms with Gasteiger partial charge in [0.1, 0.15) is 0 Å². The van der Waals surface area contributed by atoms with Gasteiger partial charge >= 0.3 is 12.1 Å². The van der Waals surface area contributed by atoms with Crippen molar-refractivity contribution in [3.63, 3.8) is 0 Å². The van der Waals surface area contributed by atoms with Crippen LogP contribution in [0.3, 0.4) is 0 Å². The standard InChI is InChI=1S/C18H19N3O2S2.C2HF3O2/c1-21(9-6-14-4-7-19-8-5-14)18(22)13-24-12-15-11-16(23-20-15)17-3-2-10-25-17;3-2(4,5)1(6)7/h2-5,7-8,10-11H,6,9,12-13H2,1H3;(H,6,7). The highest BCUT2D eigenvalue weighted by molar-refractivity contribution is 7.99. The van der Waals surface area contributed by atoms with Crippen molar-refractivity contribution in [2.45, 2.75) is 18.3 Å². The van der Waals surface area contributed by atoms with E-state index in [1.807, 2.05) is 42.8 Å². The number of carboxylic acids is 1. The Bertz CT molecular complexity index is 980. The third-order valence-corrected chi connectivity index (χ3v) is 5.79. The molecule has 0 bridgehead atoms. The number of carbonyl (C=O) groups excluding carboxylic acids is 1. The second-order valence-corrected chi connectivity index (χ2v) is 8.31. The van der Waals surface area contributed by atoms with Crippen LogP contribution < -0.4 is 0 Å². The first-order valence-corrected chi connectivity index (χ1v) is 11.2. The van der Waals surface area contributed by atoms with Crippen LogP contribution in [0.5, 0.6) is 0 Å². The molecule has 1 amide bonds. The molecule has 0 aliphatic heterocycles. The van der Waals surface area contributed by atoms with Gasteiger partial charge in [-0.15, -0.1) is 23.1 Å². The van der Waals surface area contributed by atoms with Crippen molar-refractivity contribution in [1.82, 2.24) is 15.0 Å². The Hall–Kier alpha value is -2.86. The van der Waals surface area contributed by atoms with Gasteiger partial charge in [-0.2, -0.15) is 13.2 Å². The molecular weight excluding hydrogens is 467 g/mol. The number of thioether (sulfide) groups is 1. The number of pyridine rings is 1. The predicted octanol–water partition coefficient (Wildman–Crippen LogP) is 4.37. The van der Waals surface area contributed by atoms with E-state index in [0.717, 1.165) is 22.8 Å². The lowest BCUT2D eigenvalue weighted by molar-refractivity contribution is -0.192. The van der Waals surface area contributed by atoms with Crippen LogP contribution in [0, 0.1) is 0 Å². The lowest BCUT2D eigenvalue weighted by atomic mass is 10.2. The molecule has 0 spiro atoms. The molecule has 0 saturated carbocycles. The summed E-state index contributed by atoms with van der Waals surface area (Å²) in [6.45, 7) is 0.704. The second-order valence-electron chi connectivity index (χ2n) is 6.38. The molecule has 172 valence electrons. The SMILES string of the molecule is CN(CCc1ccncc1)C(=O)CSCc1cc(-c2cccs2)on1.O=C(O)C(F)(F)F. The quantitative estimate of drug-likeness (QED) is 0.504. The van der Waals surface area contributed by atoms with Crippen LogP contribution in [0.15, 0.2) is 52.6 Å². The van der Waals surface area contributed by atoms with Crippen molar-refractivity contribution in [3.05, 3.63) is 59.4 Å². The maximum Gasteiger partial charge on any atom is 0.490 e. The number of alkyl halides is 3. The molecule has 0 aliphatic rings. The van der Waals surface area contributed by atoms with Crippen molar-refractivity contribution >= 4 is 35.0 Å². The van der Waals surface area contributed by atoms with Gasteiger partial charge in [-0.25, -0.2) is 4.79 Å². The van der Waals surface area contributed by atoms with E-state index < -0.39 is 12.1 Å². The third-order valence-electron chi connectivity index (χ3n) is 3.95. The molecule has 3 aromatic heterocycles. The Morgan fingerprint density at radius 1 is 1.25 bits per heavy atom. The average molecular weight is 488 g/mol. The number of hydrogen-bond acceptors (Lipinski definition) is 7. The first-order valence-electron chi connectivity index (χ1n) is 9.17. The van der Waals surface area contributed by atoms with Gasteiger partial charge in [-0.1, -0.05) is 11.2 Å². The molecule has 3 heterocycles. The number of carbonyl (C=O) groups is 2. The molecular formula is C20H20F3N3O4S2. The van der Waals surface area contributed by atoms with E-state index >= 15 is 0 Å². The number of thiophene rings is 1. The Morgan fingerprint density at radius 2 is 1.94 bits per heavy atom. The first-order chi connectivity index (χ1) is 15.2. The molecule has 0 unspecified atom stereocenters. The molecule has 12 heteroatoms. The van der Waals surface area contributed by atoms with Gasteiger partial charge in [0.2, 0.25) is 5.91 Å². The first kappa shape index (κ1) is 25.4. The molecule has 0 atom stereocenters. The van der Waals surface area contributed by atoms with Gasteiger partial charge in [0.15, 0.2) is 5.76 Å². The lowest BCUT2D eigenvalue weighted by Crippen LogP contribution is -2.30. The van der Waals surface area contributed by atoms with Crippen LogP contribution in [0.4, 0.5) is 13.2 Å². The Kier molecular flexibility index (Phi) is 9.72. The highest BCUT2D eigenvalue weighted by Gasteiger charge is 2.38. The van der Waals surface area contributed by atoms with E-state index in [-0.39, 0.29) is 5.91 Å². The van der Waals surface area contributed by atoms with E-state index in [1.165, 1.54) is 5.56 Å². The molecule has 3 rings (SSSR count). The zero-order valence-electron chi connectivity index (χ0n) is 16.9. The van der Waals surface area contributed by atoms with Crippen LogP contribution in [0.25, 0.3) is 10.6 Å². The van der Waals surface area contributed by atoms with E-state index in [1.54, 1.807) is 40.4 Å². The van der Waals surface area contributed by atoms with Crippen molar-refractivity contribution in [2.75, 3.05) is 19.3 Å². The summed E-state index contributed by atoms with van der Waals surface area (Å²) in [6, 6.07) is 9.88. The van der Waals surface area contributed by atoms with Crippen LogP contribution >= 0.6 is 23.1 Å². The topological polar surface area (TPSA) is 96.5 Å². The van der Waals surface area contributed by atoms with Crippen LogP contribution in [-0.4, -0.2) is 57.5 Å². The minimum absolute atomic E-state index is 0.126. The summed E-state index contributed by atoms with van der Waals surface area (Å²) in [5.41, 5.74) is 2.05. The number of aromatic nitrogens is 2. The Morgan fingerprint density at radius 3 is 2.53 bits per heavy atom. The number of aliphatic carboxylic acids is 1. The number of amides is 1. The largest absolute Gasteiger partial charge is 0.490 e. The number of rotatable bonds is 8. The zero-order valence-corrected chi connectivity index (χ0v) is 18.5. The minimum Gasteiger partial charge on any atom is -0.475 e. The van der Waals surface area contributed by atoms with E-state index in [0.29, 0.717) is 18.1 Å². The number of hydrogen-bond donors (Lipinski definition) is 1. The highest BCUT2D eigenvalue weighted by Crippen LogP contribution is 2.26. The van der Waals surface area contributed by atoms with Crippen molar-refractivity contribution in [3.8, 4) is 10.6 Å². The normalized spacial score (nSPS) is 10.9. The van der Waals surface area contributed by atoms with Crippen molar-refractivity contribution in [2.24, 2.45) is 0 Å². The molecule has 1 N–H and O–H groups in total. The number of halogens is 3. The van der Waals surface area contributed by atoms with Gasteiger partial charge in [-0.3, -0.25) is 9.78 Å². The molecule has 32 heavy (non-hydrogen) atoms. The Labute approximate surface area is 190 Å². The average Bonchev–Trinajstić information content (AvgIpc) is 3.44. The van der Waals surface area contributed by atoms with E-state index in [9.17, 15) is 18.0 Å². The second kappa shape index (κ2) is 12.2. The molecule has 0 aliphatic carbocycles. The summed E-state index contributed by atoms with van der Waals surface area (Å²) in [5.74, 6) is -0.743. The van der Waals surface area contributed by atoms with Gasteiger partial charge < -0.3 is 14.5 Å². The summed E-state index contributed by atoms with van der Waals surface area (Å²) in [6.07, 6.45) is -0.701. The van der Waals surface area contributed by atoms with Crippen LogP contribution in [0.1, 0.15) is 11.3 Å². The monoisotopic (exact) mass is 487 g/mol. The maximum atomic E-state index is 12.2. The fourth-order valence-electron chi connectivity index (χ4n) is 2.24. The predicted molar refractivity (Wildman–Crippen MR) is 115 cm³/mol. The fourth-order valence-corrected chi connectivity index (χ4v) is 3.75. The van der Waals surface area contributed by atoms with E-state index in [4.69, 9.17) is 14.4 Å². The number of nitrogens with zero attached hydrogens (tertiary/aromatic N) is 3. The third kappa shape index (κ3) is 8.71. The molecule has 0 aromatic carbocycles. The molecule has 0 radical (unpaired) electrons. The summed E-state index contributed by atoms with van der Waals surface area (Å²) in [5, 5.41) is 13.2. The molecule has 0 fully saturated rings. The number of likely N-dealkylation sites (N-methyl/N-ethyl adjacent to an activating group) is 1. The smallest absolute Gasteiger partial charge is 0.475 e. The molecule has 3 aromatic rings. The number of carboxylic acid groups (broad SMARTS) is 1. The summed E-state index contributed by atoms with van der Waals surface area (Å²) in [4.78, 5) is 27.9. The van der Waals surface area contributed by atoms with Crippen molar-refractivity contribution < 1.29 is 32.4 Å². The summed E-state index contributed by atoms with van der Waals surface area (Å²) >= 11 is 3.18. The molecule has 7 nitrogen and oxygen atoms in total. The van der Waals surface area contributed by atoms with Crippen molar-refractivity contribution in [1.29, 1.82) is 0 Å². The van der Waals surface area contributed by atoms with E-state index in [2.05, 4.69) is 10.1 Å². The van der Waals surface area contributed by atoms with Gasteiger partial charge in [-0.05, 0) is 35.6 Å². The Balaban J connectivity index is 0.000000451. The molecule has 0 saturated heterocycles. The maximum absolute atomic E-state index is 12.2. The summed E-state index contributed by atoms with van der Waals surface area (Å²) < 4.78 is 37.1. The van der Waals surface area contributed by atoms with Gasteiger partial charge in [0, 0.05) is 37.8 Å². The van der Waals surface area contributed by atoms with Crippen LogP contribution in [0.2, 0.25) is 0 Å². The van der Waals surface area contributed by atoms with Gasteiger partial charge in [0.05, 0.1) is 16.3 Å².